The quantitative estimate of drug-likeness (QED) is 0.747. The van der Waals surface area contributed by atoms with Gasteiger partial charge in [0.15, 0.2) is 0 Å². The molecule has 2 aromatic carbocycles. The van der Waals surface area contributed by atoms with Crippen LogP contribution in [-0.2, 0) is 17.7 Å². The molecule has 25 heavy (non-hydrogen) atoms. The minimum Gasteiger partial charge on any atom is -0.478 e. The highest BCUT2D eigenvalue weighted by Crippen LogP contribution is 2.17. The van der Waals surface area contributed by atoms with Crippen LogP contribution in [0.1, 0.15) is 34.3 Å². The van der Waals surface area contributed by atoms with Gasteiger partial charge in [0.25, 0.3) is 0 Å². The fourth-order valence-electron chi connectivity index (χ4n) is 3.31. The summed E-state index contributed by atoms with van der Waals surface area (Å²) in [6.07, 6.45) is 3.43. The highest BCUT2D eigenvalue weighted by molar-refractivity contribution is 5.87. The molecule has 0 amide bonds. The number of hydrogen-bond acceptors (Lipinski definition) is 3. The second kappa shape index (κ2) is 8.79. The summed E-state index contributed by atoms with van der Waals surface area (Å²) in [6, 6.07) is 17.7. The van der Waals surface area contributed by atoms with Gasteiger partial charge in [-0.15, -0.1) is 0 Å². The van der Waals surface area contributed by atoms with Crippen molar-refractivity contribution in [2.24, 2.45) is 0 Å². The lowest BCUT2D eigenvalue weighted by atomic mass is 10.1. The molecule has 4 nitrogen and oxygen atoms in total. The van der Waals surface area contributed by atoms with Gasteiger partial charge in [0.05, 0.1) is 11.7 Å². The third-order valence-corrected chi connectivity index (χ3v) is 4.62. The average molecular weight is 339 g/mol. The second-order valence-electron chi connectivity index (χ2n) is 6.61. The molecule has 0 saturated carbocycles. The first-order valence-corrected chi connectivity index (χ1v) is 8.91. The van der Waals surface area contributed by atoms with Gasteiger partial charge < -0.3 is 9.84 Å². The van der Waals surface area contributed by atoms with Gasteiger partial charge in [-0.2, -0.15) is 0 Å². The SMILES string of the molecule is O=C(O)c1cccc(CN2CCC(OCCCc3ccccc3)C2)c1. The van der Waals surface area contributed by atoms with Crippen molar-refractivity contribution < 1.29 is 14.6 Å². The van der Waals surface area contributed by atoms with Gasteiger partial charge in [-0.05, 0) is 42.5 Å². The molecular formula is C21H25NO3. The van der Waals surface area contributed by atoms with Gasteiger partial charge >= 0.3 is 5.97 Å². The summed E-state index contributed by atoms with van der Waals surface area (Å²) in [7, 11) is 0. The van der Waals surface area contributed by atoms with Crippen LogP contribution in [0.25, 0.3) is 0 Å². The number of hydrogen-bond donors (Lipinski definition) is 1. The first-order valence-electron chi connectivity index (χ1n) is 8.91. The molecule has 1 fully saturated rings. The molecule has 4 heteroatoms. The van der Waals surface area contributed by atoms with Crippen molar-refractivity contribution in [1.82, 2.24) is 4.90 Å². The van der Waals surface area contributed by atoms with Gasteiger partial charge in [-0.1, -0.05) is 42.5 Å². The van der Waals surface area contributed by atoms with Crippen LogP contribution in [-0.4, -0.2) is 41.8 Å². The molecule has 0 aromatic heterocycles. The highest BCUT2D eigenvalue weighted by Gasteiger charge is 2.23. The molecule has 3 rings (SSSR count). The van der Waals surface area contributed by atoms with Crippen LogP contribution in [0, 0.1) is 0 Å². The van der Waals surface area contributed by atoms with Crippen molar-refractivity contribution in [1.29, 1.82) is 0 Å². The van der Waals surface area contributed by atoms with Crippen molar-refractivity contribution in [2.75, 3.05) is 19.7 Å². The molecule has 2 aromatic rings. The normalized spacial score (nSPS) is 17.7. The molecule has 0 aliphatic carbocycles. The number of aryl methyl sites for hydroxylation is 1. The van der Waals surface area contributed by atoms with E-state index in [4.69, 9.17) is 9.84 Å². The molecular weight excluding hydrogens is 314 g/mol. The number of carbonyl (C=O) groups is 1. The third-order valence-electron chi connectivity index (χ3n) is 4.62. The van der Waals surface area contributed by atoms with Gasteiger partial charge in [0.2, 0.25) is 0 Å². The summed E-state index contributed by atoms with van der Waals surface area (Å²) in [5.74, 6) is -0.872. The van der Waals surface area contributed by atoms with E-state index in [1.54, 1.807) is 12.1 Å². The van der Waals surface area contributed by atoms with Crippen LogP contribution in [0.15, 0.2) is 54.6 Å². The summed E-state index contributed by atoms with van der Waals surface area (Å²) in [5.41, 5.74) is 2.76. The van der Waals surface area contributed by atoms with Crippen LogP contribution in [0.3, 0.4) is 0 Å². The monoisotopic (exact) mass is 339 g/mol. The minimum atomic E-state index is -0.872. The predicted octanol–water partition coefficient (Wildman–Crippen LogP) is 3.61. The highest BCUT2D eigenvalue weighted by atomic mass is 16.5. The molecule has 1 aliphatic rings. The molecule has 1 atom stereocenters. The van der Waals surface area contributed by atoms with Gasteiger partial charge in [-0.3, -0.25) is 4.90 Å². The largest absolute Gasteiger partial charge is 0.478 e. The maximum absolute atomic E-state index is 11.1. The number of aromatic carboxylic acids is 1. The molecule has 1 unspecified atom stereocenters. The smallest absolute Gasteiger partial charge is 0.335 e. The molecule has 1 heterocycles. The van der Waals surface area contributed by atoms with E-state index in [1.807, 2.05) is 18.2 Å². The number of ether oxygens (including phenoxy) is 1. The van der Waals surface area contributed by atoms with Crippen LogP contribution >= 0.6 is 0 Å². The Morgan fingerprint density at radius 2 is 1.92 bits per heavy atom. The molecule has 1 saturated heterocycles. The zero-order valence-corrected chi connectivity index (χ0v) is 14.4. The van der Waals surface area contributed by atoms with E-state index in [1.165, 1.54) is 5.56 Å². The summed E-state index contributed by atoms with van der Waals surface area (Å²) in [6.45, 7) is 3.50. The Bertz CT molecular complexity index is 687. The van der Waals surface area contributed by atoms with Gasteiger partial charge in [0, 0.05) is 26.2 Å². The number of nitrogens with zero attached hydrogens (tertiary/aromatic N) is 1. The Balaban J connectivity index is 1.38. The summed E-state index contributed by atoms with van der Waals surface area (Å²) in [5, 5.41) is 9.08. The Labute approximate surface area is 149 Å². The summed E-state index contributed by atoms with van der Waals surface area (Å²) < 4.78 is 6.02. The Morgan fingerprint density at radius 1 is 1.12 bits per heavy atom. The van der Waals surface area contributed by atoms with E-state index < -0.39 is 5.97 Å². The lowest BCUT2D eigenvalue weighted by molar-refractivity contribution is 0.0570. The molecule has 1 N–H and O–H groups in total. The zero-order chi connectivity index (χ0) is 17.5. The minimum absolute atomic E-state index is 0.290. The van der Waals surface area contributed by atoms with Crippen LogP contribution in [0.2, 0.25) is 0 Å². The van der Waals surface area contributed by atoms with E-state index in [2.05, 4.69) is 29.2 Å². The van der Waals surface area contributed by atoms with E-state index >= 15 is 0 Å². The lowest BCUT2D eigenvalue weighted by Gasteiger charge is -2.16. The number of benzene rings is 2. The van der Waals surface area contributed by atoms with Crippen LogP contribution in [0.5, 0.6) is 0 Å². The van der Waals surface area contributed by atoms with Crippen molar-refractivity contribution >= 4 is 5.97 Å². The molecule has 1 aliphatic heterocycles. The first-order chi connectivity index (χ1) is 12.2. The van der Waals surface area contributed by atoms with Gasteiger partial charge in [0.1, 0.15) is 0 Å². The number of carboxylic acids is 1. The summed E-state index contributed by atoms with van der Waals surface area (Å²) >= 11 is 0. The number of likely N-dealkylation sites (tertiary alicyclic amines) is 1. The lowest BCUT2D eigenvalue weighted by Crippen LogP contribution is -2.23. The summed E-state index contributed by atoms with van der Waals surface area (Å²) in [4.78, 5) is 13.4. The molecule has 0 radical (unpaired) electrons. The fourth-order valence-corrected chi connectivity index (χ4v) is 3.31. The van der Waals surface area contributed by atoms with E-state index in [9.17, 15) is 4.79 Å². The predicted molar refractivity (Wildman–Crippen MR) is 97.8 cm³/mol. The van der Waals surface area contributed by atoms with Crippen molar-refractivity contribution in [3.63, 3.8) is 0 Å². The zero-order valence-electron chi connectivity index (χ0n) is 14.4. The third kappa shape index (κ3) is 5.41. The van der Waals surface area contributed by atoms with Crippen molar-refractivity contribution in [3.05, 3.63) is 71.3 Å². The topological polar surface area (TPSA) is 49.8 Å². The number of carboxylic acid groups (broad SMARTS) is 1. The van der Waals surface area contributed by atoms with E-state index in [-0.39, 0.29) is 0 Å². The van der Waals surface area contributed by atoms with E-state index in [0.717, 1.165) is 51.1 Å². The number of rotatable bonds is 8. The van der Waals surface area contributed by atoms with Gasteiger partial charge in [-0.25, -0.2) is 4.79 Å². The molecule has 132 valence electrons. The first kappa shape index (κ1) is 17.6. The van der Waals surface area contributed by atoms with Crippen LogP contribution in [0.4, 0.5) is 0 Å². The molecule has 0 spiro atoms. The Kier molecular flexibility index (Phi) is 6.20. The maximum Gasteiger partial charge on any atom is 0.335 e. The molecule has 0 bridgehead atoms. The van der Waals surface area contributed by atoms with Crippen molar-refractivity contribution in [2.45, 2.75) is 31.9 Å². The maximum atomic E-state index is 11.1. The van der Waals surface area contributed by atoms with E-state index in [0.29, 0.717) is 11.7 Å². The fraction of sp³-hybridized carbons (Fsp3) is 0.381. The Hall–Kier alpha value is -2.17. The second-order valence-corrected chi connectivity index (χ2v) is 6.61. The van der Waals surface area contributed by atoms with Crippen LogP contribution < -0.4 is 0 Å². The average Bonchev–Trinajstić information content (AvgIpc) is 3.07. The van der Waals surface area contributed by atoms with Crippen molar-refractivity contribution in [3.8, 4) is 0 Å². The standard InChI is InChI=1S/C21H25NO3/c23-21(24)19-10-4-8-18(14-19)15-22-12-11-20(16-22)25-13-5-9-17-6-2-1-3-7-17/h1-4,6-8,10,14,20H,5,9,11-13,15-16H2,(H,23,24). The Morgan fingerprint density at radius 3 is 2.72 bits per heavy atom.